The Morgan fingerprint density at radius 3 is 2.80 bits per heavy atom. The number of allylic oxidation sites excluding steroid dienone is 1. The van der Waals surface area contributed by atoms with Gasteiger partial charge in [0.2, 0.25) is 11.3 Å². The minimum Gasteiger partial charge on any atom is -0.477 e. The highest BCUT2D eigenvalue weighted by Crippen LogP contribution is 2.32. The fraction of sp³-hybridized carbons (Fsp3) is 0.448. The average molecular weight is 577 g/mol. The summed E-state index contributed by atoms with van der Waals surface area (Å²) in [4.78, 5) is 53.9. The van der Waals surface area contributed by atoms with E-state index in [2.05, 4.69) is 17.2 Å². The number of amides is 1. The number of aromatic nitrogens is 3. The van der Waals surface area contributed by atoms with Crippen LogP contribution in [0.4, 0.5) is 5.82 Å². The van der Waals surface area contributed by atoms with Crippen LogP contribution < -0.4 is 15.6 Å². The normalized spacial score (nSPS) is 21.0. The van der Waals surface area contributed by atoms with Crippen molar-refractivity contribution in [1.82, 2.24) is 19.9 Å². The lowest BCUT2D eigenvalue weighted by molar-refractivity contribution is -0.126. The van der Waals surface area contributed by atoms with Crippen molar-refractivity contribution in [1.29, 1.82) is 0 Å². The van der Waals surface area contributed by atoms with Crippen LogP contribution in [0.3, 0.4) is 0 Å². The Morgan fingerprint density at radius 1 is 1.24 bits per heavy atom. The molecular weight excluding hydrogens is 544 g/mol. The molecule has 12 heteroatoms. The lowest BCUT2D eigenvalue weighted by Gasteiger charge is -2.39. The maximum Gasteiger partial charge on any atom is 0.341 e. The fourth-order valence-corrected chi connectivity index (χ4v) is 6.34. The summed E-state index contributed by atoms with van der Waals surface area (Å²) < 4.78 is 7.31. The second-order valence-corrected chi connectivity index (χ2v) is 11.8. The molecule has 6 rings (SSSR count). The van der Waals surface area contributed by atoms with E-state index in [-0.39, 0.29) is 34.8 Å². The molecule has 2 atom stereocenters. The largest absolute Gasteiger partial charge is 0.477 e. The Morgan fingerprint density at radius 2 is 2.07 bits per heavy atom. The molecule has 1 amide bonds. The van der Waals surface area contributed by atoms with Gasteiger partial charge >= 0.3 is 5.97 Å². The number of carboxylic acid groups (broad SMARTS) is 1. The number of nitrogens with zero attached hydrogens (tertiary/aromatic N) is 5. The molecule has 214 valence electrons. The molecule has 11 nitrogen and oxygen atoms in total. The molecule has 0 radical (unpaired) electrons. The van der Waals surface area contributed by atoms with Gasteiger partial charge < -0.3 is 20.1 Å². The van der Waals surface area contributed by atoms with Gasteiger partial charge in [-0.25, -0.2) is 14.8 Å². The topological polar surface area (TPSA) is 139 Å². The van der Waals surface area contributed by atoms with Crippen LogP contribution >= 0.6 is 11.3 Å². The van der Waals surface area contributed by atoms with Crippen molar-refractivity contribution in [3.63, 3.8) is 0 Å². The van der Waals surface area contributed by atoms with E-state index in [4.69, 9.17) is 14.7 Å². The Bertz CT molecular complexity index is 1630. The summed E-state index contributed by atoms with van der Waals surface area (Å²) in [6.45, 7) is 6.16. The SMILES string of the molecule is Cc1cc(N2CC(C(=O)NCC3CCCCO3)C2)nc2c1c(=O)c(C(=O)O)cn2-c1nc(C2=CN=CCC2C)cs1. The molecular formula is C29H32N6O5S. The number of anilines is 1. The standard InChI is InChI=1S/C29H32N6O5S/c1-16-6-7-30-11-20(16)22-15-41-29(32-22)35-14-21(28(38)39)25(36)24-17(2)9-23(33-26(24)35)34-12-18(13-34)27(37)31-10-19-5-3-4-8-40-19/h7,9,11,14-16,18-19H,3-6,8,10,12-13H2,1-2H3,(H,31,37)(H,38,39). The molecule has 0 bridgehead atoms. The van der Waals surface area contributed by atoms with Crippen molar-refractivity contribution >= 4 is 51.9 Å². The summed E-state index contributed by atoms with van der Waals surface area (Å²) in [6, 6.07) is 1.78. The van der Waals surface area contributed by atoms with Crippen LogP contribution in [-0.4, -0.2) is 70.1 Å². The number of aliphatic imine (C=N–C) groups is 1. The van der Waals surface area contributed by atoms with Crippen LogP contribution in [-0.2, 0) is 9.53 Å². The molecule has 3 aromatic heterocycles. The van der Waals surface area contributed by atoms with E-state index in [0.717, 1.165) is 43.6 Å². The van der Waals surface area contributed by atoms with Crippen LogP contribution in [0.15, 0.2) is 33.6 Å². The summed E-state index contributed by atoms with van der Waals surface area (Å²) in [6.07, 6.45) is 9.04. The molecule has 2 saturated heterocycles. The molecule has 3 aliphatic rings. The Kier molecular flexibility index (Phi) is 7.43. The van der Waals surface area contributed by atoms with Crippen LogP contribution in [0.5, 0.6) is 0 Å². The van der Waals surface area contributed by atoms with Crippen LogP contribution in [0.25, 0.3) is 21.7 Å². The lowest BCUT2D eigenvalue weighted by Crippen LogP contribution is -2.55. The van der Waals surface area contributed by atoms with Gasteiger partial charge in [-0.05, 0) is 50.2 Å². The summed E-state index contributed by atoms with van der Waals surface area (Å²) >= 11 is 1.35. The Labute approximate surface area is 240 Å². The predicted molar refractivity (Wildman–Crippen MR) is 157 cm³/mol. The maximum absolute atomic E-state index is 13.2. The van der Waals surface area contributed by atoms with Gasteiger partial charge in [-0.1, -0.05) is 6.92 Å². The highest BCUT2D eigenvalue weighted by molar-refractivity contribution is 7.12. The molecule has 2 N–H and O–H groups in total. The fourth-order valence-electron chi connectivity index (χ4n) is 5.53. The van der Waals surface area contributed by atoms with Gasteiger partial charge in [0.15, 0.2) is 10.8 Å². The molecule has 2 fully saturated rings. The molecule has 6 heterocycles. The Balaban J connectivity index is 1.29. The first-order chi connectivity index (χ1) is 19.8. The van der Waals surface area contributed by atoms with Gasteiger partial charge in [-0.2, -0.15) is 0 Å². The van der Waals surface area contributed by atoms with E-state index in [1.165, 1.54) is 17.5 Å². The summed E-state index contributed by atoms with van der Waals surface area (Å²) in [5, 5.41) is 15.5. The number of nitrogens with one attached hydrogen (secondary N) is 1. The third-order valence-electron chi connectivity index (χ3n) is 8.03. The van der Waals surface area contributed by atoms with E-state index in [1.54, 1.807) is 23.8 Å². The molecule has 2 unspecified atom stereocenters. The second kappa shape index (κ2) is 11.2. The Hall–Kier alpha value is -3.90. The van der Waals surface area contributed by atoms with E-state index in [9.17, 15) is 19.5 Å². The van der Waals surface area contributed by atoms with Gasteiger partial charge in [0.25, 0.3) is 0 Å². The number of hydrogen-bond donors (Lipinski definition) is 2. The highest BCUT2D eigenvalue weighted by Gasteiger charge is 2.34. The van der Waals surface area contributed by atoms with Crippen molar-refractivity contribution in [3.8, 4) is 5.13 Å². The predicted octanol–water partition coefficient (Wildman–Crippen LogP) is 3.42. The molecule has 41 heavy (non-hydrogen) atoms. The van der Waals surface area contributed by atoms with Crippen molar-refractivity contribution in [2.24, 2.45) is 16.8 Å². The van der Waals surface area contributed by atoms with Crippen LogP contribution in [0, 0.1) is 18.8 Å². The van der Waals surface area contributed by atoms with Gasteiger partial charge in [-0.15, -0.1) is 11.3 Å². The van der Waals surface area contributed by atoms with Crippen LogP contribution in [0.1, 0.15) is 54.2 Å². The smallest absolute Gasteiger partial charge is 0.341 e. The monoisotopic (exact) mass is 576 g/mol. The van der Waals surface area contributed by atoms with Gasteiger partial charge in [0.1, 0.15) is 11.4 Å². The van der Waals surface area contributed by atoms with Crippen molar-refractivity contribution in [3.05, 3.63) is 50.9 Å². The number of thiazole rings is 1. The van der Waals surface area contributed by atoms with E-state index >= 15 is 0 Å². The maximum atomic E-state index is 13.2. The lowest BCUT2D eigenvalue weighted by atomic mass is 9.95. The molecule has 0 aliphatic carbocycles. The summed E-state index contributed by atoms with van der Waals surface area (Å²) in [5.74, 6) is -0.592. The first-order valence-corrected chi connectivity index (χ1v) is 14.8. The quantitative estimate of drug-likeness (QED) is 0.436. The number of carbonyl (C=O) groups excluding carboxylic acids is 1. The summed E-state index contributed by atoms with van der Waals surface area (Å²) in [7, 11) is 0. The van der Waals surface area contributed by atoms with Gasteiger partial charge in [0, 0.05) is 55.8 Å². The van der Waals surface area contributed by atoms with Gasteiger partial charge in [0.05, 0.1) is 23.1 Å². The van der Waals surface area contributed by atoms with E-state index in [1.807, 2.05) is 16.5 Å². The van der Waals surface area contributed by atoms with E-state index < -0.39 is 11.4 Å². The third-order valence-corrected chi connectivity index (χ3v) is 8.87. The molecule has 0 saturated carbocycles. The zero-order valence-electron chi connectivity index (χ0n) is 23.0. The third kappa shape index (κ3) is 5.29. The van der Waals surface area contributed by atoms with E-state index in [0.29, 0.717) is 41.8 Å². The number of pyridine rings is 2. The second-order valence-electron chi connectivity index (χ2n) is 10.9. The van der Waals surface area contributed by atoms with Gasteiger partial charge in [-0.3, -0.25) is 19.1 Å². The first-order valence-electron chi connectivity index (χ1n) is 13.9. The number of rotatable bonds is 7. The van der Waals surface area contributed by atoms with Crippen molar-refractivity contribution < 1.29 is 19.4 Å². The first kappa shape index (κ1) is 27.3. The van der Waals surface area contributed by atoms with Crippen molar-refractivity contribution in [2.45, 2.75) is 45.6 Å². The molecule has 3 aromatic rings. The molecule has 3 aliphatic heterocycles. The molecule has 0 spiro atoms. The minimum absolute atomic E-state index is 0.00170. The number of aryl methyl sites for hydroxylation is 1. The van der Waals surface area contributed by atoms with Crippen LogP contribution in [0.2, 0.25) is 0 Å². The number of carbonyl (C=O) groups is 2. The summed E-state index contributed by atoms with van der Waals surface area (Å²) in [5.41, 5.74) is 1.79. The molecule has 0 aromatic carbocycles. The zero-order chi connectivity index (χ0) is 28.7. The minimum atomic E-state index is -1.31. The average Bonchev–Trinajstić information content (AvgIpc) is 3.41. The number of aromatic carboxylic acids is 1. The number of carboxylic acids is 1. The number of fused-ring (bicyclic) bond motifs is 1. The zero-order valence-corrected chi connectivity index (χ0v) is 23.8. The highest BCUT2D eigenvalue weighted by atomic mass is 32.1. The number of hydrogen-bond acceptors (Lipinski definition) is 9. The number of ether oxygens (including phenoxy) is 1. The van der Waals surface area contributed by atoms with Crippen molar-refractivity contribution in [2.75, 3.05) is 31.1 Å².